The van der Waals surface area contributed by atoms with Crippen molar-refractivity contribution >= 4 is 5.69 Å². The fourth-order valence-electron chi connectivity index (χ4n) is 1.88. The maximum atomic E-state index is 12.6. The molecule has 2 rings (SSSR count). The fourth-order valence-corrected chi connectivity index (χ4v) is 1.88. The molecule has 130 valence electrons. The molecule has 0 spiro atoms. The number of benzene rings is 1. The standard InChI is InChI=1S/C14H15F3N4O3/c1-20(2)5-6-24-11-4-3-9(7-10(11)21(22)23)13-18-8-12(19-13)14(15,16)17/h3-4,7-8H,5-6H2,1-2H3,(H,18,19). The highest BCUT2D eigenvalue weighted by atomic mass is 19.4. The van der Waals surface area contributed by atoms with Crippen LogP contribution in [-0.4, -0.2) is 47.0 Å². The Morgan fingerprint density at radius 1 is 1.38 bits per heavy atom. The molecule has 2 aromatic rings. The lowest BCUT2D eigenvalue weighted by Gasteiger charge is -2.11. The summed E-state index contributed by atoms with van der Waals surface area (Å²) in [6, 6.07) is 3.89. The van der Waals surface area contributed by atoms with E-state index < -0.39 is 16.8 Å². The molecule has 0 atom stereocenters. The Morgan fingerprint density at radius 2 is 2.08 bits per heavy atom. The lowest BCUT2D eigenvalue weighted by atomic mass is 10.2. The summed E-state index contributed by atoms with van der Waals surface area (Å²) in [5.74, 6) is -0.0570. The Morgan fingerprint density at radius 3 is 2.62 bits per heavy atom. The Bertz CT molecular complexity index is 728. The topological polar surface area (TPSA) is 84.3 Å². The number of nitrogens with one attached hydrogen (secondary N) is 1. The van der Waals surface area contributed by atoms with Crippen molar-refractivity contribution in [3.8, 4) is 17.1 Å². The minimum Gasteiger partial charge on any atom is -0.485 e. The van der Waals surface area contributed by atoms with Crippen LogP contribution in [0.5, 0.6) is 5.75 Å². The monoisotopic (exact) mass is 344 g/mol. The number of halogens is 3. The zero-order valence-electron chi connectivity index (χ0n) is 12.9. The number of nitro benzene ring substituents is 1. The van der Waals surface area contributed by atoms with Crippen molar-refractivity contribution in [2.24, 2.45) is 0 Å². The Hall–Kier alpha value is -2.62. The predicted molar refractivity (Wildman–Crippen MR) is 79.7 cm³/mol. The molecule has 24 heavy (non-hydrogen) atoms. The van der Waals surface area contributed by atoms with Gasteiger partial charge in [-0.05, 0) is 26.2 Å². The van der Waals surface area contributed by atoms with Crippen LogP contribution in [0.3, 0.4) is 0 Å². The first-order chi connectivity index (χ1) is 11.2. The molecule has 0 amide bonds. The Balaban J connectivity index is 2.28. The van der Waals surface area contributed by atoms with Gasteiger partial charge in [0.15, 0.2) is 5.75 Å². The van der Waals surface area contributed by atoms with Crippen molar-refractivity contribution in [3.63, 3.8) is 0 Å². The average molecular weight is 344 g/mol. The molecule has 0 aliphatic heterocycles. The van der Waals surface area contributed by atoms with Crippen molar-refractivity contribution in [3.05, 3.63) is 40.2 Å². The van der Waals surface area contributed by atoms with E-state index in [-0.39, 0.29) is 29.4 Å². The molecule has 0 aliphatic rings. The number of imidazole rings is 1. The van der Waals surface area contributed by atoms with Crippen LogP contribution in [0.15, 0.2) is 24.4 Å². The predicted octanol–water partition coefficient (Wildman–Crippen LogP) is 2.94. The molecule has 0 aliphatic carbocycles. The van der Waals surface area contributed by atoms with E-state index in [1.165, 1.54) is 12.1 Å². The zero-order valence-corrected chi connectivity index (χ0v) is 12.9. The molecule has 0 bridgehead atoms. The summed E-state index contributed by atoms with van der Waals surface area (Å²) in [6.45, 7) is 0.804. The van der Waals surface area contributed by atoms with Crippen molar-refractivity contribution in [1.29, 1.82) is 0 Å². The average Bonchev–Trinajstić information content (AvgIpc) is 2.96. The third kappa shape index (κ3) is 4.22. The second-order valence-electron chi connectivity index (χ2n) is 5.23. The summed E-state index contributed by atoms with van der Waals surface area (Å²) in [5, 5.41) is 11.2. The lowest BCUT2D eigenvalue weighted by molar-refractivity contribution is -0.385. The molecular weight excluding hydrogens is 329 g/mol. The largest absolute Gasteiger partial charge is 0.485 e. The van der Waals surface area contributed by atoms with Gasteiger partial charge in [-0.2, -0.15) is 13.2 Å². The van der Waals surface area contributed by atoms with Gasteiger partial charge in [0, 0.05) is 18.2 Å². The van der Waals surface area contributed by atoms with E-state index in [1.807, 2.05) is 19.0 Å². The maximum absolute atomic E-state index is 12.6. The second-order valence-corrected chi connectivity index (χ2v) is 5.23. The van der Waals surface area contributed by atoms with E-state index >= 15 is 0 Å². The number of hydrogen-bond acceptors (Lipinski definition) is 5. The van der Waals surface area contributed by atoms with Crippen LogP contribution in [0.25, 0.3) is 11.4 Å². The molecule has 0 saturated heterocycles. The first-order valence-corrected chi connectivity index (χ1v) is 6.87. The van der Waals surface area contributed by atoms with Gasteiger partial charge in [0.2, 0.25) is 0 Å². The number of alkyl halides is 3. The molecule has 1 N–H and O–H groups in total. The molecule has 0 unspecified atom stereocenters. The van der Waals surface area contributed by atoms with E-state index in [4.69, 9.17) is 4.74 Å². The fraction of sp³-hybridized carbons (Fsp3) is 0.357. The number of H-pyrrole nitrogens is 1. The molecule has 10 heteroatoms. The van der Waals surface area contributed by atoms with Gasteiger partial charge in [-0.25, -0.2) is 4.98 Å². The highest BCUT2D eigenvalue weighted by Gasteiger charge is 2.33. The number of aromatic nitrogens is 2. The van der Waals surface area contributed by atoms with Crippen molar-refractivity contribution in [2.45, 2.75) is 6.18 Å². The van der Waals surface area contributed by atoms with Gasteiger partial charge in [0.1, 0.15) is 18.1 Å². The summed E-state index contributed by atoms with van der Waals surface area (Å²) < 4.78 is 43.1. The van der Waals surface area contributed by atoms with E-state index in [2.05, 4.69) is 9.97 Å². The van der Waals surface area contributed by atoms with Gasteiger partial charge < -0.3 is 14.6 Å². The van der Waals surface area contributed by atoms with E-state index in [1.54, 1.807) is 0 Å². The molecule has 1 heterocycles. The van der Waals surface area contributed by atoms with Gasteiger partial charge in [-0.15, -0.1) is 0 Å². The van der Waals surface area contributed by atoms with Crippen LogP contribution in [0.2, 0.25) is 0 Å². The first-order valence-electron chi connectivity index (χ1n) is 6.87. The molecule has 1 aromatic heterocycles. The first kappa shape index (κ1) is 17.7. The van der Waals surface area contributed by atoms with Crippen LogP contribution in [0.1, 0.15) is 5.69 Å². The van der Waals surface area contributed by atoms with E-state index in [0.29, 0.717) is 12.7 Å². The summed E-state index contributed by atoms with van der Waals surface area (Å²) in [4.78, 5) is 18.1. The van der Waals surface area contributed by atoms with Crippen LogP contribution in [-0.2, 0) is 6.18 Å². The second kappa shape index (κ2) is 6.87. The van der Waals surface area contributed by atoms with Crippen molar-refractivity contribution in [2.75, 3.05) is 27.2 Å². The van der Waals surface area contributed by atoms with Gasteiger partial charge in [0.25, 0.3) is 0 Å². The van der Waals surface area contributed by atoms with Gasteiger partial charge in [-0.1, -0.05) is 0 Å². The SMILES string of the molecule is CN(C)CCOc1ccc(-c2ncc(C(F)(F)F)[nH]2)cc1[N+](=O)[O-]. The van der Waals surface area contributed by atoms with Crippen molar-refractivity contribution in [1.82, 2.24) is 14.9 Å². The molecule has 0 fully saturated rings. The minimum absolute atomic E-state index is 0.0493. The third-order valence-corrected chi connectivity index (χ3v) is 3.11. The number of nitro groups is 1. The van der Waals surface area contributed by atoms with E-state index in [0.717, 1.165) is 6.07 Å². The highest BCUT2D eigenvalue weighted by molar-refractivity contribution is 5.63. The zero-order chi connectivity index (χ0) is 17.9. The molecule has 0 radical (unpaired) electrons. The van der Waals surface area contributed by atoms with Crippen LogP contribution in [0.4, 0.5) is 18.9 Å². The summed E-state index contributed by atoms with van der Waals surface area (Å²) in [5.41, 5.74) is -1.19. The quantitative estimate of drug-likeness (QED) is 0.643. The maximum Gasteiger partial charge on any atom is 0.432 e. The minimum atomic E-state index is -4.56. The smallest absolute Gasteiger partial charge is 0.432 e. The van der Waals surface area contributed by atoms with Crippen LogP contribution < -0.4 is 4.74 Å². The van der Waals surface area contributed by atoms with Crippen LogP contribution in [0, 0.1) is 10.1 Å². The number of aromatic amines is 1. The molecule has 0 saturated carbocycles. The van der Waals surface area contributed by atoms with Gasteiger partial charge in [-0.3, -0.25) is 10.1 Å². The number of likely N-dealkylation sites (N-methyl/N-ethyl adjacent to an activating group) is 1. The highest BCUT2D eigenvalue weighted by Crippen LogP contribution is 2.33. The Kier molecular flexibility index (Phi) is 5.07. The normalized spacial score (nSPS) is 11.8. The summed E-state index contributed by atoms with van der Waals surface area (Å²) in [7, 11) is 3.66. The van der Waals surface area contributed by atoms with Gasteiger partial charge in [0.05, 0.1) is 11.1 Å². The third-order valence-electron chi connectivity index (χ3n) is 3.11. The molecular formula is C14H15F3N4O3. The number of ether oxygens (including phenoxy) is 1. The van der Waals surface area contributed by atoms with Crippen LogP contribution >= 0.6 is 0 Å². The summed E-state index contributed by atoms with van der Waals surface area (Å²) in [6.07, 6.45) is -3.92. The van der Waals surface area contributed by atoms with Crippen molar-refractivity contribution < 1.29 is 22.8 Å². The molecule has 7 nitrogen and oxygen atoms in total. The number of rotatable bonds is 6. The number of hydrogen-bond donors (Lipinski definition) is 1. The number of nitrogens with zero attached hydrogens (tertiary/aromatic N) is 3. The van der Waals surface area contributed by atoms with E-state index in [9.17, 15) is 23.3 Å². The summed E-state index contributed by atoms with van der Waals surface area (Å²) >= 11 is 0. The molecule has 1 aromatic carbocycles. The van der Waals surface area contributed by atoms with Gasteiger partial charge >= 0.3 is 11.9 Å². The Labute approximate surface area is 135 Å². The lowest BCUT2D eigenvalue weighted by Crippen LogP contribution is -2.19.